The quantitative estimate of drug-likeness (QED) is 0.883. The molecule has 18 heavy (non-hydrogen) atoms. The molecule has 0 aromatic heterocycles. The summed E-state index contributed by atoms with van der Waals surface area (Å²) in [4.78, 5) is 2.60. The molecule has 2 rings (SSSR count). The molecule has 1 aromatic rings. The summed E-state index contributed by atoms with van der Waals surface area (Å²) >= 11 is 0. The monoisotopic (exact) mass is 246 g/mol. The van der Waals surface area contributed by atoms with Crippen molar-refractivity contribution in [2.45, 2.75) is 58.2 Å². The first kappa shape index (κ1) is 13.6. The van der Waals surface area contributed by atoms with Crippen LogP contribution in [0.5, 0.6) is 0 Å². The fourth-order valence-electron chi connectivity index (χ4n) is 3.13. The van der Waals surface area contributed by atoms with Gasteiger partial charge in [0.25, 0.3) is 0 Å². The second-order valence-corrected chi connectivity index (χ2v) is 5.71. The van der Waals surface area contributed by atoms with Gasteiger partial charge >= 0.3 is 0 Å². The molecular formula is C16H26N2. The van der Waals surface area contributed by atoms with E-state index < -0.39 is 0 Å². The number of hydrogen-bond acceptors (Lipinski definition) is 2. The Morgan fingerprint density at radius 2 is 2.17 bits per heavy atom. The van der Waals surface area contributed by atoms with Gasteiger partial charge in [0.05, 0.1) is 0 Å². The predicted molar refractivity (Wildman–Crippen MR) is 77.6 cm³/mol. The third-order valence-corrected chi connectivity index (χ3v) is 4.30. The van der Waals surface area contributed by atoms with Crippen LogP contribution in [0, 0.1) is 6.92 Å². The minimum absolute atomic E-state index is 0.138. The van der Waals surface area contributed by atoms with Crippen LogP contribution in [0.2, 0.25) is 0 Å². The Morgan fingerprint density at radius 1 is 1.39 bits per heavy atom. The molecule has 0 bridgehead atoms. The Kier molecular flexibility index (Phi) is 4.41. The summed E-state index contributed by atoms with van der Waals surface area (Å²) < 4.78 is 0. The second-order valence-electron chi connectivity index (χ2n) is 5.71. The van der Waals surface area contributed by atoms with E-state index in [0.29, 0.717) is 6.04 Å². The molecule has 1 aliphatic heterocycles. The van der Waals surface area contributed by atoms with Gasteiger partial charge in [0.2, 0.25) is 0 Å². The van der Waals surface area contributed by atoms with E-state index in [1.807, 2.05) is 0 Å². The summed E-state index contributed by atoms with van der Waals surface area (Å²) in [6.07, 6.45) is 3.89. The summed E-state index contributed by atoms with van der Waals surface area (Å²) in [5.41, 5.74) is 8.94. The average molecular weight is 246 g/mol. The molecule has 0 spiro atoms. The lowest BCUT2D eigenvalue weighted by atomic mass is 10.0. The molecule has 1 aromatic carbocycles. The maximum Gasteiger partial charge on any atom is 0.0424 e. The minimum atomic E-state index is 0.138. The Bertz CT molecular complexity index is 388. The highest BCUT2D eigenvalue weighted by Gasteiger charge is 2.30. The maximum atomic E-state index is 6.38. The summed E-state index contributed by atoms with van der Waals surface area (Å²) in [7, 11) is 0. The van der Waals surface area contributed by atoms with Crippen LogP contribution in [0.4, 0.5) is 0 Å². The van der Waals surface area contributed by atoms with Crippen LogP contribution in [-0.4, -0.2) is 23.5 Å². The van der Waals surface area contributed by atoms with Crippen LogP contribution in [0.3, 0.4) is 0 Å². The zero-order valence-corrected chi connectivity index (χ0v) is 11.9. The Hall–Kier alpha value is -0.860. The molecule has 2 nitrogen and oxygen atoms in total. The first-order valence-corrected chi connectivity index (χ1v) is 7.19. The topological polar surface area (TPSA) is 29.3 Å². The van der Waals surface area contributed by atoms with Gasteiger partial charge in [-0.05, 0) is 38.7 Å². The fourth-order valence-corrected chi connectivity index (χ4v) is 3.13. The van der Waals surface area contributed by atoms with Crippen molar-refractivity contribution in [1.29, 1.82) is 0 Å². The van der Waals surface area contributed by atoms with Crippen molar-refractivity contribution < 1.29 is 0 Å². The van der Waals surface area contributed by atoms with E-state index in [4.69, 9.17) is 5.73 Å². The molecule has 100 valence electrons. The summed E-state index contributed by atoms with van der Waals surface area (Å²) in [5, 5.41) is 0. The highest BCUT2D eigenvalue weighted by atomic mass is 15.2. The Labute approximate surface area is 111 Å². The first-order chi connectivity index (χ1) is 8.61. The largest absolute Gasteiger partial charge is 0.323 e. The molecule has 1 heterocycles. The molecule has 3 atom stereocenters. The summed E-state index contributed by atoms with van der Waals surface area (Å²) in [6.45, 7) is 7.74. The van der Waals surface area contributed by atoms with Crippen LogP contribution in [0.1, 0.15) is 50.3 Å². The molecule has 3 unspecified atom stereocenters. The van der Waals surface area contributed by atoms with Crippen molar-refractivity contribution in [2.75, 3.05) is 6.54 Å². The van der Waals surface area contributed by atoms with E-state index >= 15 is 0 Å². The average Bonchev–Trinajstić information content (AvgIpc) is 2.70. The number of rotatable bonds is 4. The van der Waals surface area contributed by atoms with E-state index in [1.54, 1.807) is 0 Å². The first-order valence-electron chi connectivity index (χ1n) is 7.19. The van der Waals surface area contributed by atoms with Crippen LogP contribution in [0.15, 0.2) is 24.3 Å². The number of aryl methyl sites for hydroxylation is 1. The number of likely N-dealkylation sites (tertiary alicyclic amines) is 1. The lowest BCUT2D eigenvalue weighted by molar-refractivity contribution is 0.186. The number of nitrogens with two attached hydrogens (primary N) is 1. The SMILES string of the molecule is CCC1CCC(C)N1CC(N)c1cccc(C)c1. The molecule has 1 fully saturated rings. The van der Waals surface area contributed by atoms with Gasteiger partial charge in [-0.15, -0.1) is 0 Å². The Balaban J connectivity index is 2.04. The van der Waals surface area contributed by atoms with Crippen LogP contribution < -0.4 is 5.73 Å². The van der Waals surface area contributed by atoms with Gasteiger partial charge in [-0.2, -0.15) is 0 Å². The van der Waals surface area contributed by atoms with Gasteiger partial charge in [0.1, 0.15) is 0 Å². The van der Waals surface area contributed by atoms with Crippen LogP contribution in [-0.2, 0) is 0 Å². The zero-order valence-electron chi connectivity index (χ0n) is 11.9. The van der Waals surface area contributed by atoms with E-state index in [1.165, 1.54) is 30.4 Å². The van der Waals surface area contributed by atoms with Crippen molar-refractivity contribution in [1.82, 2.24) is 4.90 Å². The standard InChI is InChI=1S/C16H26N2/c1-4-15-9-8-13(3)18(15)11-16(17)14-7-5-6-12(2)10-14/h5-7,10,13,15-16H,4,8-9,11,17H2,1-3H3. The van der Waals surface area contributed by atoms with Crippen molar-refractivity contribution in [3.05, 3.63) is 35.4 Å². The fraction of sp³-hybridized carbons (Fsp3) is 0.625. The summed E-state index contributed by atoms with van der Waals surface area (Å²) in [5.74, 6) is 0. The molecular weight excluding hydrogens is 220 g/mol. The lowest BCUT2D eigenvalue weighted by Gasteiger charge is -2.30. The number of benzene rings is 1. The molecule has 0 aliphatic carbocycles. The predicted octanol–water partition coefficient (Wildman–Crippen LogP) is 3.26. The van der Waals surface area contributed by atoms with E-state index in [-0.39, 0.29) is 6.04 Å². The summed E-state index contributed by atoms with van der Waals surface area (Å²) in [6, 6.07) is 10.2. The minimum Gasteiger partial charge on any atom is -0.323 e. The Morgan fingerprint density at radius 3 is 2.83 bits per heavy atom. The smallest absolute Gasteiger partial charge is 0.0424 e. The number of hydrogen-bond donors (Lipinski definition) is 1. The van der Waals surface area contributed by atoms with Crippen LogP contribution >= 0.6 is 0 Å². The van der Waals surface area contributed by atoms with Crippen molar-refractivity contribution in [3.8, 4) is 0 Å². The third-order valence-electron chi connectivity index (χ3n) is 4.30. The van der Waals surface area contributed by atoms with Gasteiger partial charge in [0, 0.05) is 24.7 Å². The van der Waals surface area contributed by atoms with Gasteiger partial charge in [0.15, 0.2) is 0 Å². The second kappa shape index (κ2) is 5.85. The van der Waals surface area contributed by atoms with E-state index in [9.17, 15) is 0 Å². The van der Waals surface area contributed by atoms with Gasteiger partial charge in [-0.3, -0.25) is 4.90 Å². The van der Waals surface area contributed by atoms with Gasteiger partial charge in [-0.25, -0.2) is 0 Å². The molecule has 0 saturated carbocycles. The molecule has 1 saturated heterocycles. The van der Waals surface area contributed by atoms with Gasteiger partial charge in [-0.1, -0.05) is 36.8 Å². The highest BCUT2D eigenvalue weighted by molar-refractivity contribution is 5.25. The van der Waals surface area contributed by atoms with Crippen LogP contribution in [0.25, 0.3) is 0 Å². The van der Waals surface area contributed by atoms with E-state index in [0.717, 1.165) is 12.6 Å². The lowest BCUT2D eigenvalue weighted by Crippen LogP contribution is -2.39. The zero-order chi connectivity index (χ0) is 13.1. The van der Waals surface area contributed by atoms with Crippen molar-refractivity contribution in [2.24, 2.45) is 5.73 Å². The maximum absolute atomic E-state index is 6.38. The normalized spacial score (nSPS) is 26.4. The molecule has 1 aliphatic rings. The highest BCUT2D eigenvalue weighted by Crippen LogP contribution is 2.28. The van der Waals surface area contributed by atoms with Crippen molar-refractivity contribution in [3.63, 3.8) is 0 Å². The molecule has 2 heteroatoms. The molecule has 2 N–H and O–H groups in total. The van der Waals surface area contributed by atoms with Crippen molar-refractivity contribution >= 4 is 0 Å². The van der Waals surface area contributed by atoms with Gasteiger partial charge < -0.3 is 5.73 Å². The third kappa shape index (κ3) is 2.93. The number of nitrogens with zero attached hydrogens (tertiary/aromatic N) is 1. The molecule has 0 amide bonds. The molecule has 0 radical (unpaired) electrons. The van der Waals surface area contributed by atoms with E-state index in [2.05, 4.69) is 49.9 Å².